The fourth-order valence-electron chi connectivity index (χ4n) is 0. The molecular weight excluding hydrogens is 57.8 g/mol. The summed E-state index contributed by atoms with van der Waals surface area (Å²) in [5.41, 5.74) is 0. The lowest BCUT2D eigenvalue weighted by molar-refractivity contribution is 1.11. The maximum atomic E-state index is 6.00. The monoisotopic (exact) mass is 59.0 g/mol. The van der Waals surface area contributed by atoms with Crippen LogP contribution in [0.1, 0.15) is 0 Å². The highest BCUT2D eigenvalue weighted by molar-refractivity contribution is 5.75. The Morgan fingerprint density at radius 2 is 1.00 bits per heavy atom. The van der Waals surface area contributed by atoms with Crippen molar-refractivity contribution in [1.29, 1.82) is 10.8 Å². The van der Waals surface area contributed by atoms with E-state index in [9.17, 15) is 0 Å². The molecule has 0 aliphatic heterocycles. The number of hydrogen-bond acceptors (Lipinski definition) is 2. The average molecular weight is 58.8 g/mol. The van der Waals surface area contributed by atoms with Crippen molar-refractivity contribution in [2.75, 3.05) is 0 Å². The van der Waals surface area contributed by atoms with E-state index < -0.39 is 0 Å². The summed E-state index contributed by atoms with van der Waals surface area (Å²) in [6.45, 7) is 0. The molecule has 21 valence electrons. The predicted molar refractivity (Wildman–Crippen MR) is 11.7 cm³/mol. The molecule has 0 N–H and O–H groups in total. The summed E-state index contributed by atoms with van der Waals surface area (Å²) in [4.78, 5) is 0. The van der Waals surface area contributed by atoms with Gasteiger partial charge < -0.3 is 0 Å². The van der Waals surface area contributed by atoms with E-state index in [1.807, 2.05) is 0 Å². The summed E-state index contributed by atoms with van der Waals surface area (Å²) >= 11 is 0. The van der Waals surface area contributed by atoms with E-state index in [4.69, 9.17) is 10.8 Å². The lowest BCUT2D eigenvalue weighted by atomic mass is 10.8. The van der Waals surface area contributed by atoms with E-state index in [0.717, 1.165) is 0 Å². The van der Waals surface area contributed by atoms with Crippen LogP contribution in [0.2, 0.25) is 0 Å². The lowest BCUT2D eigenvalue weighted by Gasteiger charge is -0.577. The van der Waals surface area contributed by atoms with E-state index in [1.54, 1.807) is 0 Å². The van der Waals surface area contributed by atoms with Crippen LogP contribution in [0.5, 0.6) is 0 Å². The zero-order valence-corrected chi connectivity index (χ0v) is 1.88. The van der Waals surface area contributed by atoms with Gasteiger partial charge in [-0.3, -0.25) is 4.70 Å². The summed E-state index contributed by atoms with van der Waals surface area (Å²) in [5.74, 6) is 0. The van der Waals surface area contributed by atoms with Gasteiger partial charge >= 0.3 is 0 Å². The zero-order chi connectivity index (χ0) is 2.00. The molecule has 4 heavy (non-hydrogen) atoms. The molecule has 4 heteroatoms. The van der Waals surface area contributed by atoms with E-state index >= 15 is 0 Å². The van der Waals surface area contributed by atoms with Gasteiger partial charge in [-0.05, 0) is 0 Å². The summed E-state index contributed by atoms with van der Waals surface area (Å²) in [5, 5.41) is 12.0. The molecule has 0 amide bonds. The molecule has 0 saturated heterocycles. The molecule has 0 aliphatic carbocycles. The summed E-state index contributed by atoms with van der Waals surface area (Å²) in [6.07, 6.45) is 0. The third-order valence-electron chi connectivity index (χ3n) is 0. The van der Waals surface area contributed by atoms with Gasteiger partial charge in [0.25, 0.3) is 0 Å². The van der Waals surface area contributed by atoms with Crippen LogP contribution in [0, 0.1) is 10.8 Å². The van der Waals surface area contributed by atoms with Crippen LogP contribution in [0.3, 0.4) is 0 Å². The standard InChI is InChI=1S/B.FH.N2/c;;1-2/h;1H;. The van der Waals surface area contributed by atoms with Gasteiger partial charge in [0, 0.05) is 19.2 Å². The number of nitrogens with zero attached hydrogens (tertiary/aromatic N) is 2. The highest BCUT2D eigenvalue weighted by Crippen LogP contribution is 0.592. The molecule has 0 atom stereocenters. The second kappa shape index (κ2) is 14.1. The molecule has 0 rings (SSSR count). The van der Waals surface area contributed by atoms with Crippen LogP contribution >= 0.6 is 0 Å². The van der Waals surface area contributed by atoms with E-state index in [2.05, 4.69) is 0 Å². The Morgan fingerprint density at radius 3 is 1.00 bits per heavy atom. The van der Waals surface area contributed by atoms with Crippen molar-refractivity contribution >= 4 is 8.41 Å². The molecule has 3 radical (unpaired) electrons. The first-order valence-corrected chi connectivity index (χ1v) is 0.200. The maximum absolute atomic E-state index is 6.00. The van der Waals surface area contributed by atoms with Crippen molar-refractivity contribution in [1.82, 2.24) is 0 Å². The second-order valence-electron chi connectivity index (χ2n) is 0. The first-order valence-electron chi connectivity index (χ1n) is 0.200. The smallest absolute Gasteiger partial charge is 0 e. The Balaban J connectivity index is -0.00000000500. The molecule has 0 bridgehead atoms. The molecular formula is HBFN2. The summed E-state index contributed by atoms with van der Waals surface area (Å²) in [6, 6.07) is 0. The van der Waals surface area contributed by atoms with Crippen molar-refractivity contribution in [2.24, 2.45) is 0 Å². The number of halogens is 1. The van der Waals surface area contributed by atoms with Gasteiger partial charge in [-0.1, -0.05) is 0 Å². The van der Waals surface area contributed by atoms with E-state index in [-0.39, 0.29) is 13.1 Å². The minimum absolute atomic E-state index is 0. The predicted octanol–water partition coefficient (Wildman–Crippen LogP) is -0.198. The molecule has 2 nitrogen and oxygen atoms in total. The third-order valence-corrected chi connectivity index (χ3v) is 0. The lowest BCUT2D eigenvalue weighted by Crippen LogP contribution is -0.562. The van der Waals surface area contributed by atoms with Gasteiger partial charge in [-0.25, -0.2) is 0 Å². The van der Waals surface area contributed by atoms with Crippen molar-refractivity contribution in [2.45, 2.75) is 0 Å². The largest absolute Gasteiger partial charge is 0.269 e. The van der Waals surface area contributed by atoms with E-state index in [0.29, 0.717) is 0 Å². The van der Waals surface area contributed by atoms with Crippen LogP contribution in [-0.4, -0.2) is 8.41 Å². The number of rotatable bonds is 0. The van der Waals surface area contributed by atoms with Crippen LogP contribution < -0.4 is 0 Å². The van der Waals surface area contributed by atoms with Crippen molar-refractivity contribution in [3.8, 4) is 0 Å². The molecule has 0 spiro atoms. The minimum atomic E-state index is 0. The Kier molecular flexibility index (Phi) is 408. The summed E-state index contributed by atoms with van der Waals surface area (Å²) in [7, 11) is 0. The van der Waals surface area contributed by atoms with Gasteiger partial charge in [0.2, 0.25) is 0 Å². The molecule has 0 heterocycles. The van der Waals surface area contributed by atoms with Crippen LogP contribution in [-0.2, 0) is 0 Å². The minimum Gasteiger partial charge on any atom is -0.269 e. The third kappa shape index (κ3) is 0.712. The van der Waals surface area contributed by atoms with Crippen molar-refractivity contribution < 1.29 is 4.70 Å². The second-order valence-corrected chi connectivity index (χ2v) is 0. The maximum Gasteiger partial charge on any atom is 0 e. The molecule has 0 aliphatic rings. The first kappa shape index (κ1) is 116. The molecule has 0 unspecified atom stereocenters. The highest BCUT2D eigenvalue weighted by atomic mass is 19.0. The first-order chi connectivity index (χ1) is 1.00. The Morgan fingerprint density at radius 1 is 1.00 bits per heavy atom. The molecule has 0 fully saturated rings. The molecule has 0 aromatic heterocycles. The zero-order valence-electron chi connectivity index (χ0n) is 1.88. The van der Waals surface area contributed by atoms with Gasteiger partial charge in [0.1, 0.15) is 0 Å². The molecule has 0 aromatic rings. The summed E-state index contributed by atoms with van der Waals surface area (Å²) < 4.78 is 0. The topological polar surface area (TPSA) is 47.6 Å². The number of hydrogen-bond donors (Lipinski definition) is 0. The SMILES string of the molecule is F.N#N.[B]. The Bertz CT molecular complexity index is 10.8. The molecule has 0 aromatic carbocycles. The van der Waals surface area contributed by atoms with Gasteiger partial charge in [0.15, 0.2) is 0 Å². The Hall–Kier alpha value is -0.585. The van der Waals surface area contributed by atoms with Crippen LogP contribution in [0.4, 0.5) is 4.70 Å². The average Bonchev–Trinajstić information content (AvgIpc) is 1.00. The van der Waals surface area contributed by atoms with Gasteiger partial charge in [0.05, 0.1) is 0 Å². The fourth-order valence-corrected chi connectivity index (χ4v) is 0. The Labute approximate surface area is 25.2 Å². The van der Waals surface area contributed by atoms with E-state index in [1.165, 1.54) is 0 Å². The van der Waals surface area contributed by atoms with Gasteiger partial charge in [-0.2, -0.15) is 0 Å². The van der Waals surface area contributed by atoms with Gasteiger partial charge in [-0.15, -0.1) is 0 Å². The quantitative estimate of drug-likeness (QED) is 0.286. The fraction of sp³-hybridized carbons (Fsp3) is 0. The normalized spacial score (nSPS) is 0.500. The van der Waals surface area contributed by atoms with Crippen LogP contribution in [0.15, 0.2) is 0 Å². The van der Waals surface area contributed by atoms with Crippen molar-refractivity contribution in [3.05, 3.63) is 0 Å². The van der Waals surface area contributed by atoms with Crippen LogP contribution in [0.25, 0.3) is 0 Å². The van der Waals surface area contributed by atoms with Crippen molar-refractivity contribution in [3.63, 3.8) is 0 Å². The molecule has 0 saturated carbocycles. The highest BCUT2D eigenvalue weighted by Gasteiger charge is 0.577.